The second-order valence-corrected chi connectivity index (χ2v) is 2.61. The Bertz CT molecular complexity index is 499. The summed E-state index contributed by atoms with van der Waals surface area (Å²) < 4.78 is 5.21. The summed E-state index contributed by atoms with van der Waals surface area (Å²) in [5.41, 5.74) is 1.20. The maximum absolute atomic E-state index is 5.21. The van der Waals surface area contributed by atoms with Crippen LogP contribution in [0.5, 0.6) is 0 Å². The maximum atomic E-state index is 5.21. The summed E-state index contributed by atoms with van der Waals surface area (Å²) in [6.45, 7) is 1.77. The number of rotatable bonds is 1. The van der Waals surface area contributed by atoms with Gasteiger partial charge in [0.2, 0.25) is 5.71 Å². The second-order valence-electron chi connectivity index (χ2n) is 2.43. The molecule has 0 aliphatic heterocycles. The Morgan fingerprint density at radius 2 is 2.31 bits per heavy atom. The molecule has 0 aliphatic carbocycles. The number of aliphatic imine (C=N–C) groups is 1. The van der Waals surface area contributed by atoms with Gasteiger partial charge in [0.05, 0.1) is 5.16 Å². The zero-order valence-electron chi connectivity index (χ0n) is 6.81. The van der Waals surface area contributed by atoms with Crippen molar-refractivity contribution in [2.75, 3.05) is 0 Å². The third-order valence-electron chi connectivity index (χ3n) is 1.51. The van der Waals surface area contributed by atoms with Crippen LogP contribution in [-0.4, -0.2) is 15.1 Å². The predicted molar refractivity (Wildman–Crippen MR) is 51.2 cm³/mol. The van der Waals surface area contributed by atoms with Crippen LogP contribution in [0.2, 0.25) is 0 Å². The maximum Gasteiger partial charge on any atom is 0.248 e. The van der Waals surface area contributed by atoms with Gasteiger partial charge in [0, 0.05) is 6.92 Å². The van der Waals surface area contributed by atoms with Crippen LogP contribution in [-0.2, 0) is 0 Å². The van der Waals surface area contributed by atoms with E-state index in [2.05, 4.69) is 32.3 Å². The standard InChI is InChI=1S/C8H5N3OS/c1-5-10-6-2-3-7(9-4-13)11-8(6)12-5/h2-3H,1H3. The highest BCUT2D eigenvalue weighted by atomic mass is 32.1. The molecule has 0 fully saturated rings. The van der Waals surface area contributed by atoms with Crippen LogP contribution in [0.4, 0.5) is 5.82 Å². The Balaban J connectivity index is 2.67. The number of isothiocyanates is 1. The second kappa shape index (κ2) is 3.05. The third kappa shape index (κ3) is 1.47. The quantitative estimate of drug-likeness (QED) is 0.512. The number of nitrogens with zero attached hydrogens (tertiary/aromatic N) is 3. The highest BCUT2D eigenvalue weighted by Gasteiger charge is 2.03. The molecule has 2 rings (SSSR count). The van der Waals surface area contributed by atoms with Crippen LogP contribution in [0.15, 0.2) is 21.5 Å². The fourth-order valence-corrected chi connectivity index (χ4v) is 1.12. The molecule has 0 saturated heterocycles. The van der Waals surface area contributed by atoms with E-state index in [0.717, 1.165) is 5.52 Å². The van der Waals surface area contributed by atoms with Gasteiger partial charge in [-0.3, -0.25) is 0 Å². The van der Waals surface area contributed by atoms with E-state index < -0.39 is 0 Å². The van der Waals surface area contributed by atoms with E-state index in [0.29, 0.717) is 17.4 Å². The van der Waals surface area contributed by atoms with E-state index in [-0.39, 0.29) is 0 Å². The molecule has 2 aromatic heterocycles. The number of hydrogen-bond donors (Lipinski definition) is 0. The van der Waals surface area contributed by atoms with Crippen molar-refractivity contribution >= 4 is 34.4 Å². The molecule has 0 unspecified atom stereocenters. The molecule has 0 aromatic carbocycles. The monoisotopic (exact) mass is 191 g/mol. The number of fused-ring (bicyclic) bond motifs is 1. The van der Waals surface area contributed by atoms with Crippen LogP contribution in [0.1, 0.15) is 5.89 Å². The summed E-state index contributed by atoms with van der Waals surface area (Å²) >= 11 is 4.46. The summed E-state index contributed by atoms with van der Waals surface area (Å²) in [5, 5.41) is 2.24. The van der Waals surface area contributed by atoms with Gasteiger partial charge >= 0.3 is 0 Å². The van der Waals surface area contributed by atoms with Crippen LogP contribution in [0, 0.1) is 6.92 Å². The highest BCUT2D eigenvalue weighted by molar-refractivity contribution is 7.78. The van der Waals surface area contributed by atoms with Gasteiger partial charge in [-0.25, -0.2) is 4.98 Å². The minimum Gasteiger partial charge on any atom is -0.423 e. The van der Waals surface area contributed by atoms with Crippen LogP contribution >= 0.6 is 12.2 Å². The fourth-order valence-electron chi connectivity index (χ4n) is 1.02. The van der Waals surface area contributed by atoms with Gasteiger partial charge in [-0.2, -0.15) is 9.98 Å². The molecule has 4 nitrogen and oxygen atoms in total. The molecule has 64 valence electrons. The molecule has 2 heterocycles. The first-order valence-electron chi connectivity index (χ1n) is 3.61. The SMILES string of the molecule is Cc1nc2ccc(N=C=S)nc2o1. The first kappa shape index (κ1) is 8.04. The molecule has 0 aliphatic rings. The Morgan fingerprint density at radius 1 is 1.46 bits per heavy atom. The first-order chi connectivity index (χ1) is 6.29. The average molecular weight is 191 g/mol. The van der Waals surface area contributed by atoms with E-state index >= 15 is 0 Å². The van der Waals surface area contributed by atoms with Gasteiger partial charge in [-0.15, -0.1) is 0 Å². The molecule has 2 aromatic rings. The van der Waals surface area contributed by atoms with Crippen molar-refractivity contribution in [2.45, 2.75) is 6.92 Å². The lowest BCUT2D eigenvalue weighted by atomic mass is 10.4. The van der Waals surface area contributed by atoms with Gasteiger partial charge in [-0.05, 0) is 24.4 Å². The third-order valence-corrected chi connectivity index (χ3v) is 1.60. The van der Waals surface area contributed by atoms with Crippen molar-refractivity contribution in [1.29, 1.82) is 0 Å². The number of aryl methyl sites for hydroxylation is 1. The predicted octanol–water partition coefficient (Wildman–Crippen LogP) is 2.27. The molecular weight excluding hydrogens is 186 g/mol. The van der Waals surface area contributed by atoms with E-state index in [1.165, 1.54) is 0 Å². The zero-order chi connectivity index (χ0) is 9.26. The van der Waals surface area contributed by atoms with Crippen LogP contribution < -0.4 is 0 Å². The van der Waals surface area contributed by atoms with Crippen molar-refractivity contribution in [3.63, 3.8) is 0 Å². The van der Waals surface area contributed by atoms with Gasteiger partial charge in [0.15, 0.2) is 11.7 Å². The molecule has 0 amide bonds. The summed E-state index contributed by atoms with van der Waals surface area (Å²) in [6.07, 6.45) is 0. The fraction of sp³-hybridized carbons (Fsp3) is 0.125. The Labute approximate surface area is 79.3 Å². The van der Waals surface area contributed by atoms with Crippen LogP contribution in [0.25, 0.3) is 11.2 Å². The van der Waals surface area contributed by atoms with Crippen molar-refractivity contribution < 1.29 is 4.42 Å². The largest absolute Gasteiger partial charge is 0.423 e. The number of hydrogen-bond acceptors (Lipinski definition) is 5. The average Bonchev–Trinajstić information content (AvgIpc) is 2.44. The van der Waals surface area contributed by atoms with E-state index in [1.54, 1.807) is 19.1 Å². The molecule has 0 atom stereocenters. The zero-order valence-corrected chi connectivity index (χ0v) is 7.63. The van der Waals surface area contributed by atoms with Crippen molar-refractivity contribution in [3.05, 3.63) is 18.0 Å². The first-order valence-corrected chi connectivity index (χ1v) is 4.02. The number of aromatic nitrogens is 2. The molecule has 0 bridgehead atoms. The number of thiocarbonyl (C=S) groups is 1. The normalized spacial score (nSPS) is 9.92. The molecule has 5 heteroatoms. The number of pyridine rings is 1. The van der Waals surface area contributed by atoms with Crippen molar-refractivity contribution in [2.24, 2.45) is 4.99 Å². The molecular formula is C8H5N3OS. The molecule has 0 spiro atoms. The molecule has 13 heavy (non-hydrogen) atoms. The molecule has 0 radical (unpaired) electrons. The minimum absolute atomic E-state index is 0.476. The Hall–Kier alpha value is -1.58. The summed E-state index contributed by atoms with van der Waals surface area (Å²) in [4.78, 5) is 11.9. The van der Waals surface area contributed by atoms with E-state index in [4.69, 9.17) is 4.42 Å². The lowest BCUT2D eigenvalue weighted by Gasteiger charge is -1.87. The smallest absolute Gasteiger partial charge is 0.248 e. The van der Waals surface area contributed by atoms with Gasteiger partial charge in [0.1, 0.15) is 5.52 Å². The van der Waals surface area contributed by atoms with Gasteiger partial charge in [0.25, 0.3) is 0 Å². The lowest BCUT2D eigenvalue weighted by molar-refractivity contribution is 0.551. The Kier molecular flexibility index (Phi) is 1.88. The number of oxazole rings is 1. The molecule has 0 saturated carbocycles. The van der Waals surface area contributed by atoms with Gasteiger partial charge < -0.3 is 4.42 Å². The summed E-state index contributed by atoms with van der Waals surface area (Å²) in [6, 6.07) is 3.49. The van der Waals surface area contributed by atoms with E-state index in [1.807, 2.05) is 0 Å². The topological polar surface area (TPSA) is 51.3 Å². The minimum atomic E-state index is 0.476. The Morgan fingerprint density at radius 3 is 3.08 bits per heavy atom. The van der Waals surface area contributed by atoms with Gasteiger partial charge in [-0.1, -0.05) is 0 Å². The highest BCUT2D eigenvalue weighted by Crippen LogP contribution is 2.16. The van der Waals surface area contributed by atoms with Crippen LogP contribution in [0.3, 0.4) is 0 Å². The molecule has 0 N–H and O–H groups in total. The van der Waals surface area contributed by atoms with Crippen molar-refractivity contribution in [3.8, 4) is 0 Å². The summed E-state index contributed by atoms with van der Waals surface area (Å²) in [7, 11) is 0. The summed E-state index contributed by atoms with van der Waals surface area (Å²) in [5.74, 6) is 1.07. The van der Waals surface area contributed by atoms with Crippen molar-refractivity contribution in [1.82, 2.24) is 9.97 Å². The van der Waals surface area contributed by atoms with E-state index in [9.17, 15) is 0 Å². The lowest BCUT2D eigenvalue weighted by Crippen LogP contribution is -1.74.